The minimum atomic E-state index is -0.130. The van der Waals surface area contributed by atoms with Gasteiger partial charge in [0, 0.05) is 42.6 Å². The van der Waals surface area contributed by atoms with Crippen molar-refractivity contribution in [1.82, 2.24) is 10.3 Å². The number of anilines is 1. The number of pyridine rings is 1. The van der Waals surface area contributed by atoms with Crippen molar-refractivity contribution >= 4 is 28.7 Å². The number of aliphatic imine (C=N–C) groups is 1. The summed E-state index contributed by atoms with van der Waals surface area (Å²) in [7, 11) is 3.28. The standard InChI is InChI=1S/C26H29ClN4O3/c1-15(14-32-2)34-22-13-28-11-10-17(22)24-25(30-21-9-5-7-19(27)26(21)33-3)18-12-29-20-8-4-6-16(20)23(18)31-24/h5,7,9-13,15-16,20,29-30H,4,6,8,14H2,1-3H3/t15?,16-,20+/m0/s1. The van der Waals surface area contributed by atoms with Gasteiger partial charge in [-0.3, -0.25) is 4.98 Å². The first-order valence-corrected chi connectivity index (χ1v) is 12.0. The summed E-state index contributed by atoms with van der Waals surface area (Å²) in [4.78, 5) is 9.51. The fourth-order valence-corrected chi connectivity index (χ4v) is 5.28. The lowest BCUT2D eigenvalue weighted by Gasteiger charge is -2.27. The van der Waals surface area contributed by atoms with Gasteiger partial charge in [-0.2, -0.15) is 0 Å². The van der Waals surface area contributed by atoms with Crippen LogP contribution in [-0.2, 0) is 4.74 Å². The molecule has 2 aliphatic heterocycles. The van der Waals surface area contributed by atoms with E-state index in [-0.39, 0.29) is 6.10 Å². The average molecular weight is 481 g/mol. The van der Waals surface area contributed by atoms with Crippen LogP contribution in [-0.4, -0.2) is 43.7 Å². The summed E-state index contributed by atoms with van der Waals surface area (Å²) in [6.45, 7) is 2.45. The molecule has 1 aromatic heterocycles. The number of para-hydroxylation sites is 1. The number of methoxy groups -OCH3 is 2. The van der Waals surface area contributed by atoms with Gasteiger partial charge in [-0.1, -0.05) is 24.1 Å². The minimum Gasteiger partial charge on any atom is -0.493 e. The molecule has 3 atom stereocenters. The van der Waals surface area contributed by atoms with Gasteiger partial charge in [0.15, 0.2) is 5.75 Å². The van der Waals surface area contributed by atoms with Gasteiger partial charge in [-0.05, 0) is 38.0 Å². The third-order valence-electron chi connectivity index (χ3n) is 6.52. The van der Waals surface area contributed by atoms with Crippen molar-refractivity contribution in [2.75, 3.05) is 26.1 Å². The van der Waals surface area contributed by atoms with E-state index in [1.54, 1.807) is 26.6 Å². The van der Waals surface area contributed by atoms with E-state index in [4.69, 9.17) is 30.8 Å². The Labute approximate surface area is 204 Å². The van der Waals surface area contributed by atoms with Gasteiger partial charge in [0.05, 0.1) is 47.7 Å². The molecule has 0 saturated heterocycles. The van der Waals surface area contributed by atoms with E-state index in [1.807, 2.05) is 31.2 Å². The molecule has 1 unspecified atom stereocenters. The average Bonchev–Trinajstić information content (AvgIpc) is 3.45. The molecule has 3 heterocycles. The van der Waals surface area contributed by atoms with Crippen LogP contribution in [0.2, 0.25) is 5.02 Å². The molecule has 0 bridgehead atoms. The maximum atomic E-state index is 6.41. The summed E-state index contributed by atoms with van der Waals surface area (Å²) in [5.41, 5.74) is 5.54. The van der Waals surface area contributed by atoms with Gasteiger partial charge >= 0.3 is 0 Å². The highest BCUT2D eigenvalue weighted by Crippen LogP contribution is 2.44. The van der Waals surface area contributed by atoms with Gasteiger partial charge in [0.1, 0.15) is 11.9 Å². The first kappa shape index (κ1) is 22.7. The fraction of sp³-hybridized carbons (Fsp3) is 0.385. The summed E-state index contributed by atoms with van der Waals surface area (Å²) in [5.74, 6) is 1.64. The SMILES string of the molecule is COCC(C)Oc1cnccc1C1=C(Nc2cccc(Cl)c2OC)C2=CN[C@@H]3CCC[C@@H]3C2=N1. The first-order chi connectivity index (χ1) is 16.6. The maximum Gasteiger partial charge on any atom is 0.160 e. The van der Waals surface area contributed by atoms with E-state index in [0.717, 1.165) is 46.8 Å². The molecule has 34 heavy (non-hydrogen) atoms. The molecule has 2 aromatic rings. The van der Waals surface area contributed by atoms with Gasteiger partial charge in [-0.15, -0.1) is 0 Å². The van der Waals surface area contributed by atoms with Crippen LogP contribution in [0.4, 0.5) is 5.69 Å². The zero-order chi connectivity index (χ0) is 23.7. The normalized spacial score (nSPS) is 21.8. The van der Waals surface area contributed by atoms with E-state index >= 15 is 0 Å². The largest absolute Gasteiger partial charge is 0.493 e. The molecular formula is C26H29ClN4O3. The fourth-order valence-electron chi connectivity index (χ4n) is 5.02. The number of hydrogen-bond donors (Lipinski definition) is 2. The Morgan fingerprint density at radius 3 is 2.94 bits per heavy atom. The number of allylic oxidation sites excluding steroid dienone is 1. The monoisotopic (exact) mass is 480 g/mol. The molecule has 0 amide bonds. The quantitative estimate of drug-likeness (QED) is 0.550. The van der Waals surface area contributed by atoms with Gasteiger partial charge in [0.2, 0.25) is 0 Å². The van der Waals surface area contributed by atoms with Crippen molar-refractivity contribution in [1.29, 1.82) is 0 Å². The molecule has 7 nitrogen and oxygen atoms in total. The zero-order valence-electron chi connectivity index (χ0n) is 19.6. The van der Waals surface area contributed by atoms with E-state index < -0.39 is 0 Å². The highest BCUT2D eigenvalue weighted by molar-refractivity contribution is 6.32. The highest BCUT2D eigenvalue weighted by Gasteiger charge is 2.40. The van der Waals surface area contributed by atoms with Crippen LogP contribution < -0.4 is 20.1 Å². The molecule has 1 saturated carbocycles. The molecule has 0 spiro atoms. The van der Waals surface area contributed by atoms with Crippen LogP contribution in [0.1, 0.15) is 31.7 Å². The molecule has 2 N–H and O–H groups in total. The number of aromatic nitrogens is 1. The number of halogens is 1. The van der Waals surface area contributed by atoms with E-state index in [9.17, 15) is 0 Å². The Morgan fingerprint density at radius 2 is 2.12 bits per heavy atom. The lowest BCUT2D eigenvalue weighted by Crippen LogP contribution is -2.38. The second kappa shape index (κ2) is 9.68. The Balaban J connectivity index is 1.62. The van der Waals surface area contributed by atoms with E-state index in [2.05, 4.69) is 21.8 Å². The van der Waals surface area contributed by atoms with E-state index in [0.29, 0.717) is 35.1 Å². The topological polar surface area (TPSA) is 77.0 Å². The van der Waals surface area contributed by atoms with Gasteiger partial charge in [0.25, 0.3) is 0 Å². The Morgan fingerprint density at radius 1 is 1.24 bits per heavy atom. The van der Waals surface area contributed by atoms with Crippen LogP contribution in [0.25, 0.3) is 5.70 Å². The summed E-state index contributed by atoms with van der Waals surface area (Å²) >= 11 is 6.41. The number of nitrogens with one attached hydrogen (secondary N) is 2. The van der Waals surface area contributed by atoms with Crippen molar-refractivity contribution < 1.29 is 14.2 Å². The molecule has 3 aliphatic rings. The van der Waals surface area contributed by atoms with E-state index in [1.165, 1.54) is 6.42 Å². The van der Waals surface area contributed by atoms with Crippen LogP contribution in [0, 0.1) is 5.92 Å². The predicted molar refractivity (Wildman–Crippen MR) is 135 cm³/mol. The molecular weight excluding hydrogens is 452 g/mol. The van der Waals surface area contributed by atoms with Crippen LogP contribution in [0.15, 0.2) is 59.1 Å². The van der Waals surface area contributed by atoms with Crippen molar-refractivity contribution in [2.24, 2.45) is 10.9 Å². The Bertz CT molecular complexity index is 1180. The zero-order valence-corrected chi connectivity index (χ0v) is 20.4. The van der Waals surface area contributed by atoms with Crippen molar-refractivity contribution in [3.63, 3.8) is 0 Å². The number of nitrogens with zero attached hydrogens (tertiary/aromatic N) is 2. The number of hydrogen-bond acceptors (Lipinski definition) is 7. The minimum absolute atomic E-state index is 0.130. The summed E-state index contributed by atoms with van der Waals surface area (Å²) < 4.78 is 17.1. The first-order valence-electron chi connectivity index (χ1n) is 11.6. The van der Waals surface area contributed by atoms with Gasteiger partial charge in [-0.25, -0.2) is 4.99 Å². The Kier molecular flexibility index (Phi) is 6.48. The number of rotatable bonds is 8. The molecule has 1 aliphatic carbocycles. The molecule has 1 fully saturated rings. The lowest BCUT2D eigenvalue weighted by molar-refractivity contribution is 0.0916. The lowest BCUT2D eigenvalue weighted by atomic mass is 9.89. The molecule has 1 aromatic carbocycles. The number of ether oxygens (including phenoxy) is 3. The third kappa shape index (κ3) is 4.14. The predicted octanol–water partition coefficient (Wildman–Crippen LogP) is 5.05. The van der Waals surface area contributed by atoms with Crippen LogP contribution >= 0.6 is 11.6 Å². The van der Waals surface area contributed by atoms with Crippen molar-refractivity contribution in [3.8, 4) is 11.5 Å². The number of fused-ring (bicyclic) bond motifs is 3. The molecule has 178 valence electrons. The van der Waals surface area contributed by atoms with Crippen LogP contribution in [0.5, 0.6) is 11.5 Å². The van der Waals surface area contributed by atoms with Crippen molar-refractivity contribution in [2.45, 2.75) is 38.3 Å². The summed E-state index contributed by atoms with van der Waals surface area (Å²) in [5, 5.41) is 7.73. The second-order valence-electron chi connectivity index (χ2n) is 8.79. The smallest absolute Gasteiger partial charge is 0.160 e. The summed E-state index contributed by atoms with van der Waals surface area (Å²) in [6.07, 6.45) is 8.94. The molecule has 0 radical (unpaired) electrons. The molecule has 8 heteroatoms. The third-order valence-corrected chi connectivity index (χ3v) is 6.82. The second-order valence-corrected chi connectivity index (χ2v) is 9.20. The van der Waals surface area contributed by atoms with Crippen molar-refractivity contribution in [3.05, 3.63) is 64.7 Å². The Hall–Kier alpha value is -3.03. The molecule has 5 rings (SSSR count). The maximum absolute atomic E-state index is 6.41. The summed E-state index contributed by atoms with van der Waals surface area (Å²) in [6, 6.07) is 8.04. The highest BCUT2D eigenvalue weighted by atomic mass is 35.5. The van der Waals surface area contributed by atoms with Gasteiger partial charge < -0.3 is 24.8 Å². The number of benzene rings is 1. The van der Waals surface area contributed by atoms with Crippen LogP contribution in [0.3, 0.4) is 0 Å².